The SMILES string of the molecule is CCN(CCCN(C)C)CC(C)(C)CBr. The van der Waals surface area contributed by atoms with Crippen molar-refractivity contribution in [2.24, 2.45) is 5.41 Å². The molecule has 0 atom stereocenters. The van der Waals surface area contributed by atoms with E-state index in [1.54, 1.807) is 0 Å². The van der Waals surface area contributed by atoms with Crippen LogP contribution in [0, 0.1) is 5.41 Å². The molecule has 0 saturated carbocycles. The lowest BCUT2D eigenvalue weighted by molar-refractivity contribution is 0.195. The van der Waals surface area contributed by atoms with Gasteiger partial charge in [-0.2, -0.15) is 0 Å². The van der Waals surface area contributed by atoms with Crippen LogP contribution in [0.4, 0.5) is 0 Å². The molecule has 0 aromatic rings. The van der Waals surface area contributed by atoms with Gasteiger partial charge in [0.15, 0.2) is 0 Å². The molecular weight excluding hydrogens is 252 g/mol. The van der Waals surface area contributed by atoms with Crippen molar-refractivity contribution in [2.45, 2.75) is 27.2 Å². The van der Waals surface area contributed by atoms with E-state index in [2.05, 4.69) is 60.6 Å². The fraction of sp³-hybridized carbons (Fsp3) is 1.00. The van der Waals surface area contributed by atoms with E-state index in [1.807, 2.05) is 0 Å². The van der Waals surface area contributed by atoms with Crippen LogP contribution in [0.25, 0.3) is 0 Å². The second-order valence-corrected chi connectivity index (χ2v) is 5.88. The highest BCUT2D eigenvalue weighted by Crippen LogP contribution is 2.19. The maximum Gasteiger partial charge on any atom is 0.00949 e. The Morgan fingerprint density at radius 2 is 1.73 bits per heavy atom. The van der Waals surface area contributed by atoms with Gasteiger partial charge in [0.1, 0.15) is 0 Å². The van der Waals surface area contributed by atoms with Crippen molar-refractivity contribution in [3.8, 4) is 0 Å². The monoisotopic (exact) mass is 278 g/mol. The summed E-state index contributed by atoms with van der Waals surface area (Å²) in [7, 11) is 4.28. The molecule has 0 aliphatic rings. The first-order valence-corrected chi connectivity index (χ1v) is 6.96. The minimum absolute atomic E-state index is 0.383. The third kappa shape index (κ3) is 8.23. The maximum absolute atomic E-state index is 3.59. The molecule has 15 heavy (non-hydrogen) atoms. The predicted molar refractivity (Wildman–Crippen MR) is 72.9 cm³/mol. The first-order chi connectivity index (χ1) is 6.91. The summed E-state index contributed by atoms with van der Waals surface area (Å²) in [5.74, 6) is 0. The van der Waals surface area contributed by atoms with Gasteiger partial charge in [0.25, 0.3) is 0 Å². The molecule has 2 nitrogen and oxygen atoms in total. The molecule has 92 valence electrons. The summed E-state index contributed by atoms with van der Waals surface area (Å²) in [6.45, 7) is 11.6. The van der Waals surface area contributed by atoms with Gasteiger partial charge in [0.2, 0.25) is 0 Å². The first-order valence-electron chi connectivity index (χ1n) is 5.84. The topological polar surface area (TPSA) is 6.48 Å². The van der Waals surface area contributed by atoms with Gasteiger partial charge in [-0.05, 0) is 45.6 Å². The third-order valence-corrected chi connectivity index (χ3v) is 4.06. The lowest BCUT2D eigenvalue weighted by Gasteiger charge is -2.30. The van der Waals surface area contributed by atoms with E-state index < -0.39 is 0 Å². The molecule has 3 heteroatoms. The van der Waals surface area contributed by atoms with Crippen LogP contribution in [0.15, 0.2) is 0 Å². The van der Waals surface area contributed by atoms with Crippen molar-refractivity contribution in [1.29, 1.82) is 0 Å². The number of alkyl halides is 1. The number of halogens is 1. The molecule has 0 aliphatic heterocycles. The highest BCUT2D eigenvalue weighted by atomic mass is 79.9. The Morgan fingerprint density at radius 1 is 1.13 bits per heavy atom. The van der Waals surface area contributed by atoms with Crippen LogP contribution >= 0.6 is 15.9 Å². The molecule has 0 radical (unpaired) electrons. The molecule has 0 N–H and O–H groups in total. The van der Waals surface area contributed by atoms with Gasteiger partial charge in [0, 0.05) is 11.9 Å². The number of hydrogen-bond acceptors (Lipinski definition) is 2. The molecule has 0 amide bonds. The van der Waals surface area contributed by atoms with E-state index in [1.165, 1.54) is 26.1 Å². The van der Waals surface area contributed by atoms with Crippen molar-refractivity contribution >= 4 is 15.9 Å². The molecule has 0 spiro atoms. The van der Waals surface area contributed by atoms with Gasteiger partial charge in [-0.1, -0.05) is 36.7 Å². The Hall–Kier alpha value is 0.400. The predicted octanol–water partition coefficient (Wildman–Crippen LogP) is 2.68. The molecule has 0 aromatic heterocycles. The zero-order valence-electron chi connectivity index (χ0n) is 11.0. The molecule has 0 saturated heterocycles. The summed E-state index contributed by atoms with van der Waals surface area (Å²) in [6.07, 6.45) is 1.26. The Kier molecular flexibility index (Phi) is 7.84. The van der Waals surface area contributed by atoms with E-state index in [9.17, 15) is 0 Å². The fourth-order valence-corrected chi connectivity index (χ4v) is 1.78. The van der Waals surface area contributed by atoms with Gasteiger partial charge in [0.05, 0.1) is 0 Å². The number of nitrogens with zero attached hydrogens (tertiary/aromatic N) is 2. The van der Waals surface area contributed by atoms with Crippen LogP contribution in [0.5, 0.6) is 0 Å². The van der Waals surface area contributed by atoms with Crippen LogP contribution in [0.1, 0.15) is 27.2 Å². The molecule has 0 bridgehead atoms. The van der Waals surface area contributed by atoms with Crippen molar-refractivity contribution in [3.05, 3.63) is 0 Å². The Bertz CT molecular complexity index is 158. The van der Waals surface area contributed by atoms with Crippen LogP contribution < -0.4 is 0 Å². The summed E-state index contributed by atoms with van der Waals surface area (Å²) in [4.78, 5) is 4.80. The third-order valence-electron chi connectivity index (χ3n) is 2.54. The first kappa shape index (κ1) is 15.4. The summed E-state index contributed by atoms with van der Waals surface area (Å²) < 4.78 is 0. The van der Waals surface area contributed by atoms with Crippen molar-refractivity contribution in [2.75, 3.05) is 45.6 Å². The van der Waals surface area contributed by atoms with Crippen molar-refractivity contribution < 1.29 is 0 Å². The normalized spacial score (nSPS) is 12.8. The number of rotatable bonds is 8. The second kappa shape index (κ2) is 7.64. The smallest absolute Gasteiger partial charge is 0.00949 e. The molecule has 0 unspecified atom stereocenters. The standard InChI is InChI=1S/C12H27BrN2/c1-6-15(9-7-8-14(4)5)11-12(2,3)10-13/h6-11H2,1-5H3. The molecule has 0 aromatic carbocycles. The van der Waals surface area contributed by atoms with Gasteiger partial charge >= 0.3 is 0 Å². The van der Waals surface area contributed by atoms with E-state index in [0.29, 0.717) is 5.41 Å². The van der Waals surface area contributed by atoms with Crippen molar-refractivity contribution in [3.63, 3.8) is 0 Å². The van der Waals surface area contributed by atoms with Gasteiger partial charge in [-0.25, -0.2) is 0 Å². The lowest BCUT2D eigenvalue weighted by Crippen LogP contribution is -2.36. The lowest BCUT2D eigenvalue weighted by atomic mass is 9.96. The van der Waals surface area contributed by atoms with E-state index >= 15 is 0 Å². The van der Waals surface area contributed by atoms with Crippen molar-refractivity contribution in [1.82, 2.24) is 9.80 Å². The zero-order valence-corrected chi connectivity index (χ0v) is 12.6. The van der Waals surface area contributed by atoms with Gasteiger partial charge < -0.3 is 9.80 Å². The number of hydrogen-bond donors (Lipinski definition) is 0. The zero-order chi connectivity index (χ0) is 11.9. The average Bonchev–Trinajstić information content (AvgIpc) is 2.15. The fourth-order valence-electron chi connectivity index (χ4n) is 1.61. The quantitative estimate of drug-likeness (QED) is 0.630. The maximum atomic E-state index is 3.59. The van der Waals surface area contributed by atoms with E-state index in [-0.39, 0.29) is 0 Å². The molecular formula is C12H27BrN2. The summed E-state index contributed by atoms with van der Waals surface area (Å²) in [5.41, 5.74) is 0.383. The molecule has 0 heterocycles. The molecule has 0 aliphatic carbocycles. The average molecular weight is 279 g/mol. The summed E-state index contributed by atoms with van der Waals surface area (Å²) in [6, 6.07) is 0. The minimum Gasteiger partial charge on any atom is -0.309 e. The molecule has 0 fully saturated rings. The van der Waals surface area contributed by atoms with E-state index in [0.717, 1.165) is 11.9 Å². The van der Waals surface area contributed by atoms with Gasteiger partial charge in [-0.3, -0.25) is 0 Å². The summed E-state index contributed by atoms with van der Waals surface area (Å²) in [5, 5.41) is 1.07. The van der Waals surface area contributed by atoms with E-state index in [4.69, 9.17) is 0 Å². The highest BCUT2D eigenvalue weighted by molar-refractivity contribution is 9.09. The van der Waals surface area contributed by atoms with Crippen LogP contribution in [0.3, 0.4) is 0 Å². The largest absolute Gasteiger partial charge is 0.309 e. The minimum atomic E-state index is 0.383. The Morgan fingerprint density at radius 3 is 2.13 bits per heavy atom. The van der Waals surface area contributed by atoms with Crippen LogP contribution in [0.2, 0.25) is 0 Å². The Labute approximate surface area is 104 Å². The van der Waals surface area contributed by atoms with Crippen LogP contribution in [-0.2, 0) is 0 Å². The van der Waals surface area contributed by atoms with Crippen LogP contribution in [-0.4, -0.2) is 55.4 Å². The molecule has 0 rings (SSSR count). The van der Waals surface area contributed by atoms with Gasteiger partial charge in [-0.15, -0.1) is 0 Å². The summed E-state index contributed by atoms with van der Waals surface area (Å²) >= 11 is 3.59. The highest BCUT2D eigenvalue weighted by Gasteiger charge is 2.19. The Balaban J connectivity index is 3.82. The second-order valence-electron chi connectivity index (χ2n) is 5.32.